The Hall–Kier alpha value is -1.41. The van der Waals surface area contributed by atoms with Crippen LogP contribution < -0.4 is 5.32 Å². The molecule has 1 aliphatic rings. The molecule has 0 bridgehead atoms. The third-order valence-corrected chi connectivity index (χ3v) is 9.98. The van der Waals surface area contributed by atoms with Crippen LogP contribution in [0.4, 0.5) is 0 Å². The Morgan fingerprint density at radius 2 is 1.15 bits per heavy atom. The Kier molecular flexibility index (Phi) is 29.8. The van der Waals surface area contributed by atoms with E-state index in [1.807, 2.05) is 0 Å². The van der Waals surface area contributed by atoms with Crippen molar-refractivity contribution in [2.24, 2.45) is 0 Å². The van der Waals surface area contributed by atoms with Gasteiger partial charge >= 0.3 is 0 Å². The van der Waals surface area contributed by atoms with Crippen molar-refractivity contribution < 1.29 is 50.0 Å². The van der Waals surface area contributed by atoms with Crippen molar-refractivity contribution in [1.82, 2.24) is 5.32 Å². The predicted octanol–water partition coefficient (Wildman–Crippen LogP) is 5.49. The first kappa shape index (κ1) is 48.6. The van der Waals surface area contributed by atoms with E-state index >= 15 is 0 Å². The van der Waals surface area contributed by atoms with Gasteiger partial charge in [0.2, 0.25) is 5.91 Å². The third kappa shape index (κ3) is 22.1. The second-order valence-electron chi connectivity index (χ2n) is 14.7. The Labute approximate surface area is 314 Å². The van der Waals surface area contributed by atoms with Gasteiger partial charge in [0.1, 0.15) is 36.6 Å². The lowest BCUT2D eigenvalue weighted by Gasteiger charge is -2.40. The molecule has 0 aliphatic carbocycles. The summed E-state index contributed by atoms with van der Waals surface area (Å²) in [7, 11) is 0. The number of amides is 1. The van der Waals surface area contributed by atoms with Crippen LogP contribution in [0.25, 0.3) is 0 Å². The fourth-order valence-electron chi connectivity index (χ4n) is 6.45. The molecule has 11 heteroatoms. The zero-order valence-corrected chi connectivity index (χ0v) is 32.5. The van der Waals surface area contributed by atoms with Crippen LogP contribution in [-0.2, 0) is 14.3 Å². The Morgan fingerprint density at radius 1 is 0.654 bits per heavy atom. The van der Waals surface area contributed by atoms with E-state index in [1.165, 1.54) is 77.0 Å². The molecule has 0 radical (unpaired) electrons. The Balaban J connectivity index is 2.57. The summed E-state index contributed by atoms with van der Waals surface area (Å²) in [6.07, 6.45) is 20.9. The molecule has 9 atom stereocenters. The van der Waals surface area contributed by atoms with Crippen LogP contribution in [0.15, 0.2) is 24.3 Å². The van der Waals surface area contributed by atoms with E-state index in [0.717, 1.165) is 38.5 Å². The zero-order chi connectivity index (χ0) is 38.4. The fraction of sp³-hybridized carbons (Fsp3) is 0.878. The van der Waals surface area contributed by atoms with Crippen molar-refractivity contribution in [2.75, 3.05) is 13.2 Å². The highest BCUT2D eigenvalue weighted by atomic mass is 16.7. The number of nitrogens with one attached hydrogen (secondary N) is 1. The molecule has 0 aromatic rings. The molecule has 0 aromatic heterocycles. The number of allylic oxidation sites excluding steroid dienone is 4. The van der Waals surface area contributed by atoms with Crippen molar-refractivity contribution in [1.29, 1.82) is 0 Å². The summed E-state index contributed by atoms with van der Waals surface area (Å²) in [5, 5.41) is 75.3. The number of carbonyl (C=O) groups is 1. The largest absolute Gasteiger partial charge is 0.394 e. The minimum atomic E-state index is -1.67. The van der Waals surface area contributed by atoms with Gasteiger partial charge in [-0.3, -0.25) is 4.79 Å². The van der Waals surface area contributed by atoms with Crippen LogP contribution in [0.3, 0.4) is 0 Å². The minimum Gasteiger partial charge on any atom is -0.394 e. The summed E-state index contributed by atoms with van der Waals surface area (Å²) in [5.41, 5.74) is 0. The first-order chi connectivity index (χ1) is 25.2. The van der Waals surface area contributed by atoms with Gasteiger partial charge in [-0.05, 0) is 51.4 Å². The average Bonchev–Trinajstić information content (AvgIpc) is 3.14. The maximum atomic E-state index is 13.0. The first-order valence-electron chi connectivity index (χ1n) is 20.7. The molecule has 11 nitrogen and oxygen atoms in total. The normalized spacial score (nSPS) is 23.3. The maximum absolute atomic E-state index is 13.0. The van der Waals surface area contributed by atoms with Gasteiger partial charge in [0.25, 0.3) is 0 Å². The molecular weight excluding hydrogens is 666 g/mol. The fourth-order valence-corrected chi connectivity index (χ4v) is 6.45. The smallest absolute Gasteiger partial charge is 0.249 e. The molecule has 1 rings (SSSR count). The van der Waals surface area contributed by atoms with E-state index in [1.54, 1.807) is 0 Å². The molecule has 1 saturated heterocycles. The molecule has 1 heterocycles. The van der Waals surface area contributed by atoms with Crippen LogP contribution in [0.1, 0.15) is 162 Å². The SMILES string of the molecule is CCCCCCC/C=C/CC/C=C/CCCC(O)C(O)C(COC1OC(CO)C(O)C(O)C1O)NC(=O)C(O)CCCCCCCCCCCCC. The molecule has 0 saturated carbocycles. The highest BCUT2D eigenvalue weighted by Gasteiger charge is 2.44. The van der Waals surface area contributed by atoms with Crippen molar-refractivity contribution in [3.8, 4) is 0 Å². The molecule has 52 heavy (non-hydrogen) atoms. The van der Waals surface area contributed by atoms with Crippen LogP contribution in [0.5, 0.6) is 0 Å². The zero-order valence-electron chi connectivity index (χ0n) is 32.5. The third-order valence-electron chi connectivity index (χ3n) is 9.98. The summed E-state index contributed by atoms with van der Waals surface area (Å²) >= 11 is 0. The second-order valence-corrected chi connectivity index (χ2v) is 14.7. The van der Waals surface area contributed by atoms with Gasteiger partial charge in [-0.25, -0.2) is 0 Å². The standard InChI is InChI=1S/C41H77NO10/c1-3-5-7-9-11-13-15-16-17-19-20-22-24-26-28-33(44)36(46)32(31-51-41-39(49)38(48)37(47)35(30-43)52-41)42-40(50)34(45)29-27-25-23-21-18-14-12-10-8-6-4-2/h15-16,20,22,32-39,41,43-49H,3-14,17-19,21,23-31H2,1-2H3,(H,42,50)/b16-15+,22-20+. The van der Waals surface area contributed by atoms with E-state index in [0.29, 0.717) is 19.3 Å². The Bertz CT molecular complexity index is 903. The van der Waals surface area contributed by atoms with Crippen LogP contribution in [-0.4, -0.2) is 110 Å². The van der Waals surface area contributed by atoms with Crippen molar-refractivity contribution in [2.45, 2.75) is 217 Å². The van der Waals surface area contributed by atoms with Crippen LogP contribution in [0, 0.1) is 0 Å². The number of ether oxygens (including phenoxy) is 2. The van der Waals surface area contributed by atoms with Crippen molar-refractivity contribution in [3.63, 3.8) is 0 Å². The molecule has 9 unspecified atom stereocenters. The average molecular weight is 744 g/mol. The number of aliphatic hydroxyl groups excluding tert-OH is 7. The van der Waals surface area contributed by atoms with E-state index in [2.05, 4.69) is 43.5 Å². The molecule has 1 fully saturated rings. The summed E-state index contributed by atoms with van der Waals surface area (Å²) < 4.78 is 11.0. The van der Waals surface area contributed by atoms with Gasteiger partial charge in [0, 0.05) is 0 Å². The number of hydrogen-bond acceptors (Lipinski definition) is 10. The van der Waals surface area contributed by atoms with Gasteiger partial charge in [-0.15, -0.1) is 0 Å². The topological polar surface area (TPSA) is 189 Å². The molecule has 1 amide bonds. The van der Waals surface area contributed by atoms with Gasteiger partial charge in [-0.1, -0.05) is 134 Å². The Morgan fingerprint density at radius 3 is 1.71 bits per heavy atom. The highest BCUT2D eigenvalue weighted by molar-refractivity contribution is 5.80. The van der Waals surface area contributed by atoms with Gasteiger partial charge in [0.15, 0.2) is 6.29 Å². The molecule has 306 valence electrons. The van der Waals surface area contributed by atoms with Crippen molar-refractivity contribution >= 4 is 5.91 Å². The van der Waals surface area contributed by atoms with E-state index in [4.69, 9.17) is 9.47 Å². The van der Waals surface area contributed by atoms with E-state index in [9.17, 15) is 40.5 Å². The van der Waals surface area contributed by atoms with E-state index in [-0.39, 0.29) is 12.8 Å². The molecule has 1 aliphatic heterocycles. The molecule has 0 aromatic carbocycles. The minimum absolute atomic E-state index is 0.247. The van der Waals surface area contributed by atoms with Crippen molar-refractivity contribution in [3.05, 3.63) is 24.3 Å². The quantitative estimate of drug-likeness (QED) is 0.0315. The lowest BCUT2D eigenvalue weighted by atomic mass is 9.98. The summed E-state index contributed by atoms with van der Waals surface area (Å²) in [4.78, 5) is 13.0. The number of aliphatic hydroxyl groups is 7. The number of unbranched alkanes of at least 4 members (excludes halogenated alkanes) is 17. The van der Waals surface area contributed by atoms with Crippen LogP contribution in [0.2, 0.25) is 0 Å². The summed E-state index contributed by atoms with van der Waals surface area (Å²) in [6, 6.07) is -1.18. The lowest BCUT2D eigenvalue weighted by Crippen LogP contribution is -2.60. The van der Waals surface area contributed by atoms with Gasteiger partial charge in [0.05, 0.1) is 25.4 Å². The molecule has 8 N–H and O–H groups in total. The van der Waals surface area contributed by atoms with E-state index < -0.39 is 74.2 Å². The number of carbonyl (C=O) groups excluding carboxylic acids is 1. The molecule has 0 spiro atoms. The predicted molar refractivity (Wildman–Crippen MR) is 205 cm³/mol. The van der Waals surface area contributed by atoms with Crippen LogP contribution >= 0.6 is 0 Å². The summed E-state index contributed by atoms with van der Waals surface area (Å²) in [6.45, 7) is 3.36. The monoisotopic (exact) mass is 744 g/mol. The summed E-state index contributed by atoms with van der Waals surface area (Å²) in [5.74, 6) is -0.714. The maximum Gasteiger partial charge on any atom is 0.249 e. The highest BCUT2D eigenvalue weighted by Crippen LogP contribution is 2.23. The first-order valence-corrected chi connectivity index (χ1v) is 20.7. The van der Waals surface area contributed by atoms with Gasteiger partial charge in [-0.2, -0.15) is 0 Å². The number of hydrogen-bond donors (Lipinski definition) is 8. The van der Waals surface area contributed by atoms with Gasteiger partial charge < -0.3 is 50.5 Å². The molecular formula is C41H77NO10. The second kappa shape index (κ2) is 31.9. The number of rotatable bonds is 33. The lowest BCUT2D eigenvalue weighted by molar-refractivity contribution is -0.303.